The highest BCUT2D eigenvalue weighted by atomic mass is 19.4. The second-order valence-electron chi connectivity index (χ2n) is 7.50. The predicted molar refractivity (Wildman–Crippen MR) is 78.1 cm³/mol. The molecule has 0 aromatic rings. The maximum atomic E-state index is 10.6. The Hall–Kier alpha value is -0.795. The Morgan fingerprint density at radius 2 is 1.52 bits per heavy atom. The third kappa shape index (κ3) is 3.51. The smallest absolute Gasteiger partial charge is 0.475 e. The zero-order valence-corrected chi connectivity index (χ0v) is 13.8. The topological polar surface area (TPSA) is 67.8 Å². The molecule has 5 nitrogen and oxygen atoms in total. The van der Waals surface area contributed by atoms with Crippen LogP contribution in [0.4, 0.5) is 13.2 Å². The van der Waals surface area contributed by atoms with E-state index in [1.807, 2.05) is 0 Å². The third-order valence-electron chi connectivity index (χ3n) is 5.26. The average Bonchev–Trinajstić information content (AvgIpc) is 3.06. The average molecular weight is 337 g/mol. The second-order valence-corrected chi connectivity index (χ2v) is 7.50. The van der Waals surface area contributed by atoms with Crippen LogP contribution in [-0.2, 0) is 14.1 Å². The van der Waals surface area contributed by atoms with Crippen LogP contribution in [0.3, 0.4) is 0 Å². The maximum absolute atomic E-state index is 10.6. The van der Waals surface area contributed by atoms with Crippen molar-refractivity contribution in [2.75, 3.05) is 13.1 Å². The predicted octanol–water partition coefficient (Wildman–Crippen LogP) is 2.47. The molecule has 3 rings (SSSR count). The number of rotatable bonds is 2. The lowest BCUT2D eigenvalue weighted by Gasteiger charge is -2.44. The van der Waals surface area contributed by atoms with Crippen molar-refractivity contribution in [3.05, 3.63) is 0 Å². The molecular formula is C14H23BF3NO4. The lowest BCUT2D eigenvalue weighted by molar-refractivity contribution is -0.192. The van der Waals surface area contributed by atoms with E-state index in [1.165, 1.54) is 12.8 Å². The summed E-state index contributed by atoms with van der Waals surface area (Å²) in [6.45, 7) is 10.7. The largest absolute Gasteiger partial charge is 0.490 e. The van der Waals surface area contributed by atoms with Crippen molar-refractivity contribution in [3.8, 4) is 0 Å². The summed E-state index contributed by atoms with van der Waals surface area (Å²) in [4.78, 5) is 8.90. The number of hydrogen-bond donors (Lipinski definition) is 2. The molecule has 2 N–H and O–H groups in total. The van der Waals surface area contributed by atoms with E-state index < -0.39 is 12.1 Å². The fraction of sp³-hybridized carbons (Fsp3) is 0.929. The van der Waals surface area contributed by atoms with Gasteiger partial charge in [-0.1, -0.05) is 12.8 Å². The molecule has 0 bridgehead atoms. The van der Waals surface area contributed by atoms with Crippen LogP contribution < -0.4 is 5.32 Å². The molecule has 0 aromatic heterocycles. The van der Waals surface area contributed by atoms with Gasteiger partial charge in [-0.15, -0.1) is 0 Å². The highest BCUT2D eigenvalue weighted by molar-refractivity contribution is 6.50. The van der Waals surface area contributed by atoms with E-state index in [0.29, 0.717) is 0 Å². The minimum Gasteiger partial charge on any atom is -0.475 e. The Bertz CT molecular complexity index is 457. The van der Waals surface area contributed by atoms with Crippen molar-refractivity contribution in [2.45, 2.75) is 63.2 Å². The molecule has 0 radical (unpaired) electrons. The van der Waals surface area contributed by atoms with Crippen LogP contribution in [0.5, 0.6) is 0 Å². The van der Waals surface area contributed by atoms with Crippen LogP contribution in [0, 0.1) is 5.92 Å². The first-order chi connectivity index (χ1) is 10.3. The molecule has 0 unspecified atom stereocenters. The molecule has 2 aliphatic heterocycles. The molecule has 3 fully saturated rings. The molecule has 0 amide bonds. The standard InChI is InChI=1S/C12H22BNO2.C2HF3O2/c1-10(2)11(3,4)16-13(15-10)12(7-14-8-12)9-5-6-9;3-2(4,5)1(6)7/h9,14H,5-8H2,1-4H3;(H,6,7). The van der Waals surface area contributed by atoms with Gasteiger partial charge in [-0.05, 0) is 33.6 Å². The van der Waals surface area contributed by atoms with Gasteiger partial charge in [-0.2, -0.15) is 13.2 Å². The van der Waals surface area contributed by atoms with Crippen LogP contribution in [0.1, 0.15) is 40.5 Å². The summed E-state index contributed by atoms with van der Waals surface area (Å²) in [5.41, 5.74) is -0.371. The second kappa shape index (κ2) is 5.63. The SMILES string of the molecule is CC1(C)OB(C2(C3CC3)CNC2)OC1(C)C.O=C(O)C(F)(F)F. The van der Waals surface area contributed by atoms with Crippen molar-refractivity contribution in [1.29, 1.82) is 0 Å². The highest BCUT2D eigenvalue weighted by Crippen LogP contribution is 2.58. The minimum absolute atomic E-state index is 0.00810. The van der Waals surface area contributed by atoms with E-state index in [4.69, 9.17) is 19.2 Å². The Morgan fingerprint density at radius 1 is 1.13 bits per heavy atom. The molecule has 0 atom stereocenters. The number of hydrogen-bond acceptors (Lipinski definition) is 4. The molecule has 2 saturated heterocycles. The lowest BCUT2D eigenvalue weighted by atomic mass is 9.51. The first kappa shape index (κ1) is 18.5. The molecular weight excluding hydrogens is 314 g/mol. The van der Waals surface area contributed by atoms with Crippen LogP contribution >= 0.6 is 0 Å². The van der Waals surface area contributed by atoms with Gasteiger partial charge in [0.25, 0.3) is 0 Å². The fourth-order valence-electron chi connectivity index (χ4n) is 2.80. The summed E-state index contributed by atoms with van der Waals surface area (Å²) in [6.07, 6.45) is -2.38. The minimum atomic E-state index is -5.08. The molecule has 3 aliphatic rings. The van der Waals surface area contributed by atoms with Gasteiger partial charge in [0, 0.05) is 18.4 Å². The molecule has 132 valence electrons. The van der Waals surface area contributed by atoms with Crippen LogP contribution in [0.15, 0.2) is 0 Å². The van der Waals surface area contributed by atoms with E-state index in [2.05, 4.69) is 33.0 Å². The van der Waals surface area contributed by atoms with Gasteiger partial charge in [0.2, 0.25) is 0 Å². The Balaban J connectivity index is 0.000000236. The summed E-state index contributed by atoms with van der Waals surface area (Å²) in [5, 5.41) is 10.8. The molecule has 2 heterocycles. The van der Waals surface area contributed by atoms with Gasteiger partial charge in [0.1, 0.15) is 0 Å². The van der Waals surface area contributed by atoms with E-state index in [1.54, 1.807) is 0 Å². The number of nitrogens with one attached hydrogen (secondary N) is 1. The van der Waals surface area contributed by atoms with Gasteiger partial charge in [0.15, 0.2) is 0 Å². The lowest BCUT2D eigenvalue weighted by Crippen LogP contribution is -2.58. The fourth-order valence-corrected chi connectivity index (χ4v) is 2.80. The van der Waals surface area contributed by atoms with Gasteiger partial charge in [0.05, 0.1) is 11.2 Å². The molecule has 1 aliphatic carbocycles. The molecule has 9 heteroatoms. The summed E-state index contributed by atoms with van der Waals surface area (Å²) in [7, 11) is -0.00810. The van der Waals surface area contributed by atoms with E-state index in [9.17, 15) is 13.2 Å². The van der Waals surface area contributed by atoms with Crippen molar-refractivity contribution >= 4 is 13.1 Å². The van der Waals surface area contributed by atoms with Crippen molar-refractivity contribution in [2.24, 2.45) is 5.92 Å². The van der Waals surface area contributed by atoms with Crippen molar-refractivity contribution in [1.82, 2.24) is 5.32 Å². The van der Waals surface area contributed by atoms with Crippen LogP contribution in [0.2, 0.25) is 5.31 Å². The monoisotopic (exact) mass is 337 g/mol. The van der Waals surface area contributed by atoms with E-state index in [-0.39, 0.29) is 23.6 Å². The Labute approximate surface area is 134 Å². The number of aliphatic carboxylic acids is 1. The molecule has 1 saturated carbocycles. The van der Waals surface area contributed by atoms with Gasteiger partial charge in [-0.25, -0.2) is 4.79 Å². The Morgan fingerprint density at radius 3 is 1.74 bits per heavy atom. The van der Waals surface area contributed by atoms with Gasteiger partial charge >= 0.3 is 19.3 Å². The van der Waals surface area contributed by atoms with Crippen molar-refractivity contribution in [3.63, 3.8) is 0 Å². The number of alkyl halides is 3. The molecule has 23 heavy (non-hydrogen) atoms. The first-order valence-electron chi connectivity index (χ1n) is 7.68. The summed E-state index contributed by atoms with van der Waals surface area (Å²) in [6, 6.07) is 0. The number of carbonyl (C=O) groups is 1. The quantitative estimate of drug-likeness (QED) is 0.758. The number of carboxylic acid groups (broad SMARTS) is 1. The van der Waals surface area contributed by atoms with Crippen LogP contribution in [0.25, 0.3) is 0 Å². The number of carboxylic acids is 1. The van der Waals surface area contributed by atoms with E-state index >= 15 is 0 Å². The zero-order valence-electron chi connectivity index (χ0n) is 13.8. The Kier molecular flexibility index (Phi) is 4.54. The maximum Gasteiger partial charge on any atom is 0.490 e. The van der Waals surface area contributed by atoms with Crippen molar-refractivity contribution < 1.29 is 32.4 Å². The van der Waals surface area contributed by atoms with Crippen LogP contribution in [-0.4, -0.2) is 48.7 Å². The molecule has 0 spiro atoms. The third-order valence-corrected chi connectivity index (χ3v) is 5.26. The summed E-state index contributed by atoms with van der Waals surface area (Å²) in [5.74, 6) is -1.93. The van der Waals surface area contributed by atoms with Gasteiger partial charge in [-0.3, -0.25) is 0 Å². The highest BCUT2D eigenvalue weighted by Gasteiger charge is 2.65. The molecule has 0 aromatic carbocycles. The normalized spacial score (nSPS) is 27.7. The summed E-state index contributed by atoms with van der Waals surface area (Å²) >= 11 is 0. The zero-order chi connectivity index (χ0) is 17.7. The van der Waals surface area contributed by atoms with E-state index in [0.717, 1.165) is 19.0 Å². The first-order valence-corrected chi connectivity index (χ1v) is 7.68. The number of halogens is 3. The van der Waals surface area contributed by atoms with Gasteiger partial charge < -0.3 is 19.7 Å². The summed E-state index contributed by atoms with van der Waals surface area (Å²) < 4.78 is 44.2.